The van der Waals surface area contributed by atoms with Crippen LogP contribution in [0.5, 0.6) is 0 Å². The highest BCUT2D eigenvalue weighted by molar-refractivity contribution is 7.21. The first-order valence-corrected chi connectivity index (χ1v) is 10.3. The Morgan fingerprint density at radius 1 is 1.17 bits per heavy atom. The summed E-state index contributed by atoms with van der Waals surface area (Å²) in [6.45, 7) is 2.05. The molecule has 144 valence electrons. The minimum atomic E-state index is 0.435. The number of pyridine rings is 1. The lowest BCUT2D eigenvalue weighted by Gasteiger charge is -2.22. The minimum Gasteiger partial charge on any atom is -0.383 e. The highest BCUT2D eigenvalue weighted by Gasteiger charge is 2.17. The van der Waals surface area contributed by atoms with Gasteiger partial charge in [-0.05, 0) is 50.2 Å². The molecular formula is C21H19N7S. The molecule has 3 N–H and O–H groups in total. The van der Waals surface area contributed by atoms with Gasteiger partial charge in [-0.1, -0.05) is 0 Å². The Balaban J connectivity index is 1.51. The maximum atomic E-state index is 9.12. The molecule has 4 aromatic rings. The zero-order chi connectivity index (χ0) is 19.8. The number of thiazole rings is 1. The molecule has 3 aromatic heterocycles. The van der Waals surface area contributed by atoms with Crippen LogP contribution < -0.4 is 11.1 Å². The van der Waals surface area contributed by atoms with Crippen molar-refractivity contribution in [1.82, 2.24) is 25.1 Å². The van der Waals surface area contributed by atoms with E-state index in [-0.39, 0.29) is 0 Å². The van der Waals surface area contributed by atoms with Gasteiger partial charge in [0.1, 0.15) is 10.8 Å². The van der Waals surface area contributed by atoms with E-state index in [4.69, 9.17) is 16.0 Å². The Labute approximate surface area is 171 Å². The zero-order valence-corrected chi connectivity index (χ0v) is 16.5. The number of nitrogen functional groups attached to an aromatic ring is 1. The van der Waals surface area contributed by atoms with E-state index >= 15 is 0 Å². The summed E-state index contributed by atoms with van der Waals surface area (Å²) in [6, 6.07) is 10.1. The van der Waals surface area contributed by atoms with Crippen molar-refractivity contribution in [3.63, 3.8) is 0 Å². The highest BCUT2D eigenvalue weighted by Crippen LogP contribution is 2.35. The van der Waals surface area contributed by atoms with Crippen molar-refractivity contribution in [2.24, 2.45) is 0 Å². The monoisotopic (exact) mass is 401 g/mol. The van der Waals surface area contributed by atoms with E-state index in [9.17, 15) is 0 Å². The first-order chi connectivity index (χ1) is 14.2. The number of hydrogen-bond donors (Lipinski definition) is 2. The molecule has 0 saturated carbocycles. The van der Waals surface area contributed by atoms with Gasteiger partial charge >= 0.3 is 0 Å². The molecule has 0 radical (unpaired) electrons. The number of nitrogens with two attached hydrogens (primary N) is 1. The summed E-state index contributed by atoms with van der Waals surface area (Å²) < 4.78 is 3.02. The second kappa shape index (κ2) is 7.28. The third kappa shape index (κ3) is 3.35. The van der Waals surface area contributed by atoms with Gasteiger partial charge in [0.25, 0.3) is 0 Å². The molecule has 0 unspecified atom stereocenters. The molecule has 0 aliphatic carbocycles. The number of nitrogens with zero attached hydrogens (tertiary/aromatic N) is 5. The third-order valence-electron chi connectivity index (χ3n) is 5.28. The quantitative estimate of drug-likeness (QED) is 0.543. The first kappa shape index (κ1) is 17.8. The first-order valence-electron chi connectivity index (χ1n) is 9.53. The number of fused-ring (bicyclic) bond motifs is 1. The molecule has 8 heteroatoms. The fourth-order valence-electron chi connectivity index (χ4n) is 3.67. The van der Waals surface area contributed by atoms with Crippen LogP contribution in [0.3, 0.4) is 0 Å². The molecule has 7 nitrogen and oxygen atoms in total. The molecule has 1 aliphatic heterocycles. The van der Waals surface area contributed by atoms with Crippen molar-refractivity contribution >= 4 is 27.4 Å². The number of benzene rings is 1. The second-order valence-corrected chi connectivity index (χ2v) is 8.19. The van der Waals surface area contributed by atoms with Crippen LogP contribution in [0.1, 0.15) is 24.4 Å². The fourth-order valence-corrected chi connectivity index (χ4v) is 4.70. The largest absolute Gasteiger partial charge is 0.383 e. The van der Waals surface area contributed by atoms with E-state index in [2.05, 4.69) is 32.3 Å². The van der Waals surface area contributed by atoms with Gasteiger partial charge in [0, 0.05) is 23.5 Å². The average Bonchev–Trinajstić information content (AvgIpc) is 3.41. The molecule has 1 fully saturated rings. The molecule has 0 spiro atoms. The van der Waals surface area contributed by atoms with Gasteiger partial charge in [-0.2, -0.15) is 10.4 Å². The van der Waals surface area contributed by atoms with E-state index in [1.54, 1.807) is 12.3 Å². The smallest absolute Gasteiger partial charge is 0.133 e. The fraction of sp³-hybridized carbons (Fsp3) is 0.238. The van der Waals surface area contributed by atoms with Gasteiger partial charge in [-0.25, -0.2) is 9.97 Å². The van der Waals surface area contributed by atoms with E-state index < -0.39 is 0 Å². The van der Waals surface area contributed by atoms with Crippen molar-refractivity contribution < 1.29 is 0 Å². The van der Waals surface area contributed by atoms with Crippen LogP contribution in [0.4, 0.5) is 5.82 Å². The molecule has 0 bridgehead atoms. The summed E-state index contributed by atoms with van der Waals surface area (Å²) in [5, 5.41) is 17.9. The third-order valence-corrected chi connectivity index (χ3v) is 6.34. The van der Waals surface area contributed by atoms with Crippen molar-refractivity contribution in [1.29, 1.82) is 5.26 Å². The van der Waals surface area contributed by atoms with Crippen LogP contribution in [-0.2, 0) is 0 Å². The normalized spacial score (nSPS) is 14.9. The van der Waals surface area contributed by atoms with Gasteiger partial charge in [-0.15, -0.1) is 11.3 Å². The van der Waals surface area contributed by atoms with E-state index in [0.29, 0.717) is 17.4 Å². The Kier molecular flexibility index (Phi) is 4.46. The van der Waals surface area contributed by atoms with Crippen LogP contribution in [-0.4, -0.2) is 32.8 Å². The lowest BCUT2D eigenvalue weighted by atomic mass is 10.1. The van der Waals surface area contributed by atoms with Crippen molar-refractivity contribution in [3.05, 3.63) is 48.4 Å². The topological polar surface area (TPSA) is 105 Å². The molecule has 1 aromatic carbocycles. The number of anilines is 1. The molecule has 0 amide bonds. The standard InChI is InChI=1S/C21H19N7S/c22-9-13-1-2-18-19(7-13)29-21(27-18)17-8-14(10-25-20(17)23)15-11-26-28(12-15)16-3-5-24-6-4-16/h1-2,7-8,10-12,16,24H,3-6H2,(H2,23,25). The Morgan fingerprint density at radius 2 is 2.03 bits per heavy atom. The van der Waals surface area contributed by atoms with Crippen LogP contribution in [0.15, 0.2) is 42.9 Å². The van der Waals surface area contributed by atoms with Crippen LogP contribution in [0.25, 0.3) is 31.9 Å². The SMILES string of the molecule is N#Cc1ccc2nc(-c3cc(-c4cnn(C5CCNCC5)c4)cnc3N)sc2c1. The lowest BCUT2D eigenvalue weighted by molar-refractivity contribution is 0.343. The highest BCUT2D eigenvalue weighted by atomic mass is 32.1. The molecule has 0 atom stereocenters. The van der Waals surface area contributed by atoms with Gasteiger partial charge in [-0.3, -0.25) is 4.68 Å². The second-order valence-electron chi connectivity index (χ2n) is 7.16. The Hall–Kier alpha value is -3.28. The predicted octanol–water partition coefficient (Wildman–Crippen LogP) is 3.60. The number of hydrogen-bond acceptors (Lipinski definition) is 7. The summed E-state index contributed by atoms with van der Waals surface area (Å²) in [6.07, 6.45) is 7.93. The molecule has 1 aliphatic rings. The molecular weight excluding hydrogens is 382 g/mol. The van der Waals surface area contributed by atoms with Crippen LogP contribution in [0, 0.1) is 11.3 Å². The molecule has 29 heavy (non-hydrogen) atoms. The number of nitrogens with one attached hydrogen (secondary N) is 1. The summed E-state index contributed by atoms with van der Waals surface area (Å²) in [7, 11) is 0. The molecule has 1 saturated heterocycles. The number of nitriles is 1. The average molecular weight is 401 g/mol. The van der Waals surface area contributed by atoms with Gasteiger partial charge in [0.05, 0.1) is 39.7 Å². The van der Waals surface area contributed by atoms with Gasteiger partial charge < -0.3 is 11.1 Å². The molecule has 4 heterocycles. The number of aromatic nitrogens is 4. The van der Waals surface area contributed by atoms with Crippen molar-refractivity contribution in [2.45, 2.75) is 18.9 Å². The maximum absolute atomic E-state index is 9.12. The summed E-state index contributed by atoms with van der Waals surface area (Å²) in [5.74, 6) is 0.444. The summed E-state index contributed by atoms with van der Waals surface area (Å²) >= 11 is 1.52. The van der Waals surface area contributed by atoms with E-state index in [1.807, 2.05) is 24.4 Å². The van der Waals surface area contributed by atoms with E-state index in [1.165, 1.54) is 11.3 Å². The van der Waals surface area contributed by atoms with Gasteiger partial charge in [0.2, 0.25) is 0 Å². The Morgan fingerprint density at radius 3 is 2.86 bits per heavy atom. The lowest BCUT2D eigenvalue weighted by Crippen LogP contribution is -2.29. The van der Waals surface area contributed by atoms with E-state index in [0.717, 1.165) is 57.8 Å². The zero-order valence-electron chi connectivity index (χ0n) is 15.7. The summed E-state index contributed by atoms with van der Waals surface area (Å²) in [5.41, 5.74) is 10.4. The van der Waals surface area contributed by atoms with Gasteiger partial charge in [0.15, 0.2) is 0 Å². The number of rotatable bonds is 3. The van der Waals surface area contributed by atoms with Crippen molar-refractivity contribution in [3.8, 4) is 27.8 Å². The minimum absolute atomic E-state index is 0.435. The van der Waals surface area contributed by atoms with Crippen LogP contribution in [0.2, 0.25) is 0 Å². The number of piperidine rings is 1. The Bertz CT molecular complexity index is 1230. The molecule has 5 rings (SSSR count). The summed E-state index contributed by atoms with van der Waals surface area (Å²) in [4.78, 5) is 9.10. The van der Waals surface area contributed by atoms with Crippen molar-refractivity contribution in [2.75, 3.05) is 18.8 Å². The maximum Gasteiger partial charge on any atom is 0.133 e. The van der Waals surface area contributed by atoms with Crippen LogP contribution >= 0.6 is 11.3 Å². The predicted molar refractivity (Wildman–Crippen MR) is 114 cm³/mol.